The second-order valence-electron chi connectivity index (χ2n) is 4.75. The lowest BCUT2D eigenvalue weighted by Crippen LogP contribution is -2.14. The van der Waals surface area contributed by atoms with Crippen molar-refractivity contribution in [1.29, 1.82) is 0 Å². The summed E-state index contributed by atoms with van der Waals surface area (Å²) in [6.45, 7) is 0.620. The first-order chi connectivity index (χ1) is 9.25. The lowest BCUT2D eigenvalue weighted by molar-refractivity contribution is -0.117. The van der Waals surface area contributed by atoms with E-state index < -0.39 is 0 Å². The zero-order valence-electron chi connectivity index (χ0n) is 10.5. The van der Waals surface area contributed by atoms with Crippen LogP contribution >= 0.6 is 0 Å². The normalized spacial score (nSPS) is 16.7. The molecular formula is C16H15NO2. The third-order valence-corrected chi connectivity index (χ3v) is 3.46. The number of carbonyl (C=O) groups is 1. The number of benzene rings is 2. The Morgan fingerprint density at radius 1 is 1.16 bits per heavy atom. The molecular weight excluding hydrogens is 238 g/mol. The van der Waals surface area contributed by atoms with Crippen LogP contribution in [0, 0.1) is 0 Å². The summed E-state index contributed by atoms with van der Waals surface area (Å²) in [5.41, 5.74) is 8.53. The van der Waals surface area contributed by atoms with Gasteiger partial charge in [0.05, 0.1) is 13.0 Å². The minimum absolute atomic E-state index is 0.227. The Morgan fingerprint density at radius 2 is 1.95 bits per heavy atom. The van der Waals surface area contributed by atoms with Gasteiger partial charge in [0.15, 0.2) is 0 Å². The van der Waals surface area contributed by atoms with Crippen molar-refractivity contribution in [2.45, 2.75) is 12.3 Å². The lowest BCUT2D eigenvalue weighted by Gasteiger charge is -2.09. The fraction of sp³-hybridized carbons (Fsp3) is 0.188. The number of primary amides is 1. The summed E-state index contributed by atoms with van der Waals surface area (Å²) in [4.78, 5) is 11.1. The molecule has 2 aromatic carbocycles. The molecule has 3 heteroatoms. The summed E-state index contributed by atoms with van der Waals surface area (Å²) in [7, 11) is 0. The van der Waals surface area contributed by atoms with Gasteiger partial charge in [-0.05, 0) is 5.56 Å². The van der Waals surface area contributed by atoms with Gasteiger partial charge >= 0.3 is 0 Å². The second kappa shape index (κ2) is 4.76. The maximum absolute atomic E-state index is 11.1. The van der Waals surface area contributed by atoms with Gasteiger partial charge in [-0.25, -0.2) is 0 Å². The standard InChI is InChI=1S/C16H15NO2/c17-15(18)9-12-7-4-8-13-14(10-19-16(12)13)11-5-2-1-3-6-11/h1-8,14H,9-10H2,(H2,17,18). The van der Waals surface area contributed by atoms with Crippen LogP contribution in [0.2, 0.25) is 0 Å². The van der Waals surface area contributed by atoms with Crippen LogP contribution in [0.15, 0.2) is 48.5 Å². The highest BCUT2D eigenvalue weighted by molar-refractivity contribution is 5.77. The van der Waals surface area contributed by atoms with Crippen molar-refractivity contribution in [3.8, 4) is 5.75 Å². The van der Waals surface area contributed by atoms with E-state index in [1.54, 1.807) is 0 Å². The van der Waals surface area contributed by atoms with Crippen LogP contribution in [-0.2, 0) is 11.2 Å². The highest BCUT2D eigenvalue weighted by Crippen LogP contribution is 2.40. The molecule has 0 aliphatic carbocycles. The van der Waals surface area contributed by atoms with Gasteiger partial charge < -0.3 is 10.5 Å². The van der Waals surface area contributed by atoms with E-state index in [-0.39, 0.29) is 18.2 Å². The van der Waals surface area contributed by atoms with Crippen LogP contribution in [-0.4, -0.2) is 12.5 Å². The fourth-order valence-electron chi connectivity index (χ4n) is 2.60. The van der Waals surface area contributed by atoms with Gasteiger partial charge in [0.2, 0.25) is 5.91 Å². The molecule has 1 heterocycles. The minimum Gasteiger partial charge on any atom is -0.492 e. The van der Waals surface area contributed by atoms with E-state index in [0.29, 0.717) is 6.61 Å². The Bertz CT molecular complexity index is 607. The molecule has 3 rings (SSSR count). The molecule has 1 unspecified atom stereocenters. The largest absolute Gasteiger partial charge is 0.492 e. The average Bonchev–Trinajstić information content (AvgIpc) is 2.84. The van der Waals surface area contributed by atoms with Gasteiger partial charge in [-0.3, -0.25) is 4.79 Å². The van der Waals surface area contributed by atoms with E-state index in [0.717, 1.165) is 16.9 Å². The van der Waals surface area contributed by atoms with Gasteiger partial charge in [-0.15, -0.1) is 0 Å². The van der Waals surface area contributed by atoms with Crippen molar-refractivity contribution in [2.24, 2.45) is 5.73 Å². The number of rotatable bonds is 3. The summed E-state index contributed by atoms with van der Waals surface area (Å²) >= 11 is 0. The number of para-hydroxylation sites is 1. The molecule has 0 fully saturated rings. The van der Waals surface area contributed by atoms with Crippen molar-refractivity contribution in [1.82, 2.24) is 0 Å². The van der Waals surface area contributed by atoms with Gasteiger partial charge in [-0.1, -0.05) is 48.5 Å². The topological polar surface area (TPSA) is 52.3 Å². The van der Waals surface area contributed by atoms with E-state index in [1.165, 1.54) is 5.56 Å². The Labute approximate surface area is 112 Å². The number of nitrogens with two attached hydrogens (primary N) is 1. The van der Waals surface area contributed by atoms with Crippen LogP contribution in [0.3, 0.4) is 0 Å². The molecule has 1 atom stereocenters. The summed E-state index contributed by atoms with van der Waals surface area (Å²) < 4.78 is 5.79. The molecule has 0 spiro atoms. The van der Waals surface area contributed by atoms with E-state index in [1.807, 2.05) is 30.3 Å². The Kier molecular flexibility index (Phi) is 2.95. The number of fused-ring (bicyclic) bond motifs is 1. The van der Waals surface area contributed by atoms with Crippen molar-refractivity contribution >= 4 is 5.91 Å². The first kappa shape index (κ1) is 11.8. The number of ether oxygens (including phenoxy) is 1. The molecule has 1 aliphatic heterocycles. The van der Waals surface area contributed by atoms with Crippen molar-refractivity contribution in [3.05, 3.63) is 65.2 Å². The minimum atomic E-state index is -0.333. The van der Waals surface area contributed by atoms with Crippen molar-refractivity contribution in [2.75, 3.05) is 6.61 Å². The van der Waals surface area contributed by atoms with Crippen molar-refractivity contribution < 1.29 is 9.53 Å². The molecule has 2 aromatic rings. The maximum atomic E-state index is 11.1. The molecule has 0 radical (unpaired) electrons. The monoisotopic (exact) mass is 253 g/mol. The van der Waals surface area contributed by atoms with E-state index in [9.17, 15) is 4.79 Å². The summed E-state index contributed by atoms with van der Waals surface area (Å²) in [6, 6.07) is 16.2. The quantitative estimate of drug-likeness (QED) is 0.912. The SMILES string of the molecule is NC(=O)Cc1cccc2c1OCC2c1ccccc1. The number of hydrogen-bond acceptors (Lipinski definition) is 2. The second-order valence-corrected chi connectivity index (χ2v) is 4.75. The lowest BCUT2D eigenvalue weighted by atomic mass is 9.92. The van der Waals surface area contributed by atoms with E-state index in [4.69, 9.17) is 10.5 Å². The number of carbonyl (C=O) groups excluding carboxylic acids is 1. The van der Waals surface area contributed by atoms with E-state index >= 15 is 0 Å². The van der Waals surface area contributed by atoms with Gasteiger partial charge in [0.1, 0.15) is 5.75 Å². The van der Waals surface area contributed by atoms with Gasteiger partial charge in [-0.2, -0.15) is 0 Å². The van der Waals surface area contributed by atoms with Crippen molar-refractivity contribution in [3.63, 3.8) is 0 Å². The van der Waals surface area contributed by atoms with E-state index in [2.05, 4.69) is 18.2 Å². The number of amides is 1. The smallest absolute Gasteiger partial charge is 0.221 e. The Balaban J connectivity index is 2.00. The molecule has 0 bridgehead atoms. The Morgan fingerprint density at radius 3 is 2.68 bits per heavy atom. The highest BCUT2D eigenvalue weighted by Gasteiger charge is 2.27. The number of hydrogen-bond donors (Lipinski definition) is 1. The first-order valence-corrected chi connectivity index (χ1v) is 6.33. The maximum Gasteiger partial charge on any atom is 0.221 e. The van der Waals surface area contributed by atoms with Crippen LogP contribution in [0.5, 0.6) is 5.75 Å². The van der Waals surface area contributed by atoms with Crippen LogP contribution in [0.25, 0.3) is 0 Å². The molecule has 0 aromatic heterocycles. The fourth-order valence-corrected chi connectivity index (χ4v) is 2.60. The highest BCUT2D eigenvalue weighted by atomic mass is 16.5. The Hall–Kier alpha value is -2.29. The van der Waals surface area contributed by atoms with Crippen LogP contribution < -0.4 is 10.5 Å². The molecule has 2 N–H and O–H groups in total. The predicted molar refractivity (Wildman–Crippen MR) is 73.1 cm³/mol. The first-order valence-electron chi connectivity index (χ1n) is 6.33. The van der Waals surface area contributed by atoms with Gasteiger partial charge in [0, 0.05) is 17.0 Å². The third kappa shape index (κ3) is 2.19. The summed E-state index contributed by atoms with van der Waals surface area (Å²) in [6.07, 6.45) is 0.227. The van der Waals surface area contributed by atoms with Gasteiger partial charge in [0.25, 0.3) is 0 Å². The average molecular weight is 253 g/mol. The summed E-state index contributed by atoms with van der Waals surface area (Å²) in [5.74, 6) is 0.736. The van der Waals surface area contributed by atoms with Crippen LogP contribution in [0.1, 0.15) is 22.6 Å². The molecule has 19 heavy (non-hydrogen) atoms. The molecule has 0 saturated carbocycles. The molecule has 0 saturated heterocycles. The molecule has 3 nitrogen and oxygen atoms in total. The molecule has 1 aliphatic rings. The molecule has 1 amide bonds. The summed E-state index contributed by atoms with van der Waals surface area (Å²) in [5, 5.41) is 0. The zero-order chi connectivity index (χ0) is 13.2. The third-order valence-electron chi connectivity index (χ3n) is 3.46. The van der Waals surface area contributed by atoms with Crippen LogP contribution in [0.4, 0.5) is 0 Å². The predicted octanol–water partition coefficient (Wildman–Crippen LogP) is 2.24. The zero-order valence-corrected chi connectivity index (χ0v) is 10.5. The molecule has 96 valence electrons.